The first-order valence-corrected chi connectivity index (χ1v) is 5.98. The molecule has 0 saturated carbocycles. The molecule has 1 aromatic heterocycles. The molecule has 18 heavy (non-hydrogen) atoms. The van der Waals surface area contributed by atoms with Crippen LogP contribution in [-0.4, -0.2) is 36.7 Å². The molecule has 102 valence electrons. The SMILES string of the molecule is CCc1nc(CCOCC(F)F)nc(NC)c1C. The molecular formula is C12H19F2N3O. The fourth-order valence-electron chi connectivity index (χ4n) is 1.65. The summed E-state index contributed by atoms with van der Waals surface area (Å²) in [5.74, 6) is 1.40. The lowest BCUT2D eigenvalue weighted by Gasteiger charge is -2.11. The number of ether oxygens (including phenoxy) is 1. The van der Waals surface area contributed by atoms with Gasteiger partial charge in [-0.3, -0.25) is 0 Å². The van der Waals surface area contributed by atoms with Gasteiger partial charge in [-0.15, -0.1) is 0 Å². The van der Waals surface area contributed by atoms with Crippen molar-refractivity contribution >= 4 is 5.82 Å². The minimum Gasteiger partial charge on any atom is -0.375 e. The number of hydrogen-bond donors (Lipinski definition) is 1. The van der Waals surface area contributed by atoms with E-state index >= 15 is 0 Å². The number of aromatic nitrogens is 2. The Morgan fingerprint density at radius 2 is 2.06 bits per heavy atom. The fourth-order valence-corrected chi connectivity index (χ4v) is 1.65. The molecule has 6 heteroatoms. The predicted molar refractivity (Wildman–Crippen MR) is 66.2 cm³/mol. The first kappa shape index (κ1) is 14.8. The molecule has 0 bridgehead atoms. The molecule has 0 aliphatic carbocycles. The largest absolute Gasteiger partial charge is 0.375 e. The van der Waals surface area contributed by atoms with Gasteiger partial charge >= 0.3 is 0 Å². The number of hydrogen-bond acceptors (Lipinski definition) is 4. The zero-order chi connectivity index (χ0) is 13.5. The highest BCUT2D eigenvalue weighted by Gasteiger charge is 2.09. The van der Waals surface area contributed by atoms with Gasteiger partial charge in [-0.1, -0.05) is 6.92 Å². The van der Waals surface area contributed by atoms with Crippen molar-refractivity contribution in [3.63, 3.8) is 0 Å². The Bertz CT molecular complexity index is 361. The third-order valence-corrected chi connectivity index (χ3v) is 2.58. The van der Waals surface area contributed by atoms with Gasteiger partial charge in [0.1, 0.15) is 18.2 Å². The first-order chi connectivity index (χ1) is 8.58. The summed E-state index contributed by atoms with van der Waals surface area (Å²) in [6.07, 6.45) is -1.18. The second-order valence-electron chi connectivity index (χ2n) is 3.88. The van der Waals surface area contributed by atoms with E-state index in [1.807, 2.05) is 13.8 Å². The van der Waals surface area contributed by atoms with Crippen molar-refractivity contribution in [2.24, 2.45) is 0 Å². The molecule has 0 radical (unpaired) electrons. The van der Waals surface area contributed by atoms with E-state index in [9.17, 15) is 8.78 Å². The van der Waals surface area contributed by atoms with Crippen molar-refractivity contribution in [2.45, 2.75) is 33.1 Å². The van der Waals surface area contributed by atoms with E-state index in [1.54, 1.807) is 7.05 Å². The maximum Gasteiger partial charge on any atom is 0.261 e. The van der Waals surface area contributed by atoms with E-state index < -0.39 is 13.0 Å². The quantitative estimate of drug-likeness (QED) is 0.763. The van der Waals surface area contributed by atoms with Gasteiger partial charge in [-0.05, 0) is 13.3 Å². The molecule has 0 spiro atoms. The van der Waals surface area contributed by atoms with E-state index in [4.69, 9.17) is 4.74 Å². The van der Waals surface area contributed by atoms with Crippen molar-refractivity contribution in [3.8, 4) is 0 Å². The zero-order valence-electron chi connectivity index (χ0n) is 11.0. The Kier molecular flexibility index (Phi) is 5.91. The number of nitrogens with one attached hydrogen (secondary N) is 1. The van der Waals surface area contributed by atoms with Gasteiger partial charge in [0.25, 0.3) is 6.43 Å². The topological polar surface area (TPSA) is 47.0 Å². The summed E-state index contributed by atoms with van der Waals surface area (Å²) < 4.78 is 28.6. The van der Waals surface area contributed by atoms with Gasteiger partial charge in [-0.2, -0.15) is 0 Å². The number of anilines is 1. The van der Waals surface area contributed by atoms with Gasteiger partial charge in [0.15, 0.2) is 0 Å². The van der Waals surface area contributed by atoms with Crippen molar-refractivity contribution in [3.05, 3.63) is 17.1 Å². The Balaban J connectivity index is 2.65. The van der Waals surface area contributed by atoms with Crippen molar-refractivity contribution in [1.82, 2.24) is 9.97 Å². The average Bonchev–Trinajstić information content (AvgIpc) is 2.35. The molecule has 0 amide bonds. The second kappa shape index (κ2) is 7.20. The van der Waals surface area contributed by atoms with Crippen LogP contribution in [0.1, 0.15) is 24.0 Å². The lowest BCUT2D eigenvalue weighted by Crippen LogP contribution is -2.11. The lowest BCUT2D eigenvalue weighted by atomic mass is 10.2. The summed E-state index contributed by atoms with van der Waals surface area (Å²) in [4.78, 5) is 8.72. The summed E-state index contributed by atoms with van der Waals surface area (Å²) in [5, 5.41) is 3.01. The lowest BCUT2D eigenvalue weighted by molar-refractivity contribution is 0.0183. The van der Waals surface area contributed by atoms with Crippen LogP contribution in [0.3, 0.4) is 0 Å². The molecule has 1 rings (SSSR count). The van der Waals surface area contributed by atoms with Crippen molar-refractivity contribution in [1.29, 1.82) is 0 Å². The van der Waals surface area contributed by atoms with Gasteiger partial charge < -0.3 is 10.1 Å². The summed E-state index contributed by atoms with van der Waals surface area (Å²) in [6.45, 7) is 3.65. The molecule has 0 aromatic carbocycles. The van der Waals surface area contributed by atoms with Crippen LogP contribution in [0.25, 0.3) is 0 Å². The third-order valence-electron chi connectivity index (χ3n) is 2.58. The summed E-state index contributed by atoms with van der Waals surface area (Å²) in [6, 6.07) is 0. The maximum atomic E-state index is 11.9. The molecule has 0 unspecified atom stereocenters. The number of rotatable bonds is 7. The van der Waals surface area contributed by atoms with Gasteiger partial charge in [0.2, 0.25) is 0 Å². The Morgan fingerprint density at radius 1 is 1.33 bits per heavy atom. The second-order valence-corrected chi connectivity index (χ2v) is 3.88. The Hall–Kier alpha value is -1.30. The van der Waals surface area contributed by atoms with E-state index in [-0.39, 0.29) is 6.61 Å². The first-order valence-electron chi connectivity index (χ1n) is 5.98. The molecule has 0 aliphatic heterocycles. The summed E-state index contributed by atoms with van der Waals surface area (Å²) in [7, 11) is 1.80. The van der Waals surface area contributed by atoms with Crippen molar-refractivity contribution < 1.29 is 13.5 Å². The van der Waals surface area contributed by atoms with E-state index in [0.29, 0.717) is 12.2 Å². The average molecular weight is 259 g/mol. The molecule has 1 N–H and O–H groups in total. The molecule has 4 nitrogen and oxygen atoms in total. The van der Waals surface area contributed by atoms with Crippen LogP contribution >= 0.6 is 0 Å². The molecule has 0 atom stereocenters. The van der Waals surface area contributed by atoms with Crippen LogP contribution in [-0.2, 0) is 17.6 Å². The molecule has 0 aliphatic rings. The van der Waals surface area contributed by atoms with Crippen LogP contribution in [0.5, 0.6) is 0 Å². The number of nitrogens with zero attached hydrogens (tertiary/aromatic N) is 2. The molecule has 1 heterocycles. The minimum atomic E-state index is -2.43. The highest BCUT2D eigenvalue weighted by atomic mass is 19.3. The summed E-state index contributed by atoms with van der Waals surface area (Å²) in [5.41, 5.74) is 2.00. The highest BCUT2D eigenvalue weighted by molar-refractivity contribution is 5.45. The van der Waals surface area contributed by atoms with Gasteiger partial charge in [-0.25, -0.2) is 18.7 Å². The predicted octanol–water partition coefficient (Wildman–Crippen LogP) is 2.21. The monoisotopic (exact) mass is 259 g/mol. The van der Waals surface area contributed by atoms with E-state index in [0.717, 1.165) is 23.5 Å². The smallest absolute Gasteiger partial charge is 0.261 e. The van der Waals surface area contributed by atoms with E-state index in [1.165, 1.54) is 0 Å². The van der Waals surface area contributed by atoms with Crippen molar-refractivity contribution in [2.75, 3.05) is 25.6 Å². The van der Waals surface area contributed by atoms with Crippen LogP contribution < -0.4 is 5.32 Å². The van der Waals surface area contributed by atoms with Gasteiger partial charge in [0.05, 0.1) is 6.61 Å². The molecule has 1 aromatic rings. The zero-order valence-corrected chi connectivity index (χ0v) is 11.0. The Morgan fingerprint density at radius 3 is 2.61 bits per heavy atom. The molecule has 0 saturated heterocycles. The molecule has 0 fully saturated rings. The van der Waals surface area contributed by atoms with Crippen LogP contribution in [0.4, 0.5) is 14.6 Å². The van der Waals surface area contributed by atoms with Crippen LogP contribution in [0.2, 0.25) is 0 Å². The van der Waals surface area contributed by atoms with E-state index in [2.05, 4.69) is 15.3 Å². The fraction of sp³-hybridized carbons (Fsp3) is 0.667. The van der Waals surface area contributed by atoms with Crippen LogP contribution in [0.15, 0.2) is 0 Å². The van der Waals surface area contributed by atoms with Crippen LogP contribution in [0, 0.1) is 6.92 Å². The number of alkyl halides is 2. The normalized spacial score (nSPS) is 11.0. The minimum absolute atomic E-state index is 0.208. The number of halogens is 2. The maximum absolute atomic E-state index is 11.9. The van der Waals surface area contributed by atoms with Gasteiger partial charge in [0, 0.05) is 24.7 Å². The third kappa shape index (κ3) is 4.18. The summed E-state index contributed by atoms with van der Waals surface area (Å²) >= 11 is 0. The number of aryl methyl sites for hydroxylation is 1. The standard InChI is InChI=1S/C12H19F2N3O/c1-4-9-8(2)12(15-3)17-11(16-9)5-6-18-7-10(13)14/h10H,4-7H2,1-3H3,(H,15,16,17). The Labute approximate surface area is 106 Å². The molecular weight excluding hydrogens is 240 g/mol. The highest BCUT2D eigenvalue weighted by Crippen LogP contribution is 2.15.